The number of benzene rings is 1. The van der Waals surface area contributed by atoms with Gasteiger partial charge in [0, 0.05) is 56.0 Å². The molecule has 0 saturated carbocycles. The molecule has 38 heavy (non-hydrogen) atoms. The molecular formula is C26H30F4N6O2. The number of nitriles is 1. The van der Waals surface area contributed by atoms with Crippen LogP contribution in [0.4, 0.5) is 23.2 Å². The number of alkyl halides is 3. The van der Waals surface area contributed by atoms with Crippen LogP contribution >= 0.6 is 0 Å². The van der Waals surface area contributed by atoms with Crippen molar-refractivity contribution in [2.24, 2.45) is 7.05 Å². The van der Waals surface area contributed by atoms with Crippen molar-refractivity contribution in [3.05, 3.63) is 52.2 Å². The molecule has 1 fully saturated rings. The maximum atomic E-state index is 13.8. The van der Waals surface area contributed by atoms with E-state index in [9.17, 15) is 22.4 Å². The van der Waals surface area contributed by atoms with Gasteiger partial charge in [-0.15, -0.1) is 13.2 Å². The van der Waals surface area contributed by atoms with E-state index in [0.29, 0.717) is 42.7 Å². The highest BCUT2D eigenvalue weighted by Gasteiger charge is 2.38. The van der Waals surface area contributed by atoms with Crippen LogP contribution in [-0.2, 0) is 13.6 Å². The minimum absolute atomic E-state index is 0.0440. The largest absolute Gasteiger partial charge is 0.573 e. The molecule has 12 heteroatoms. The van der Waals surface area contributed by atoms with Gasteiger partial charge in [0.1, 0.15) is 23.6 Å². The van der Waals surface area contributed by atoms with Gasteiger partial charge < -0.3 is 14.2 Å². The molecule has 4 rings (SSSR count). The average molecular weight is 535 g/mol. The first kappa shape index (κ1) is 27.4. The van der Waals surface area contributed by atoms with E-state index in [4.69, 9.17) is 5.26 Å². The fourth-order valence-electron chi connectivity index (χ4n) is 5.31. The Kier molecular flexibility index (Phi) is 7.69. The highest BCUT2D eigenvalue weighted by molar-refractivity contribution is 5.88. The zero-order valence-corrected chi connectivity index (χ0v) is 21.7. The van der Waals surface area contributed by atoms with Crippen LogP contribution in [0.3, 0.4) is 0 Å². The average Bonchev–Trinajstić information content (AvgIpc) is 3.28. The van der Waals surface area contributed by atoms with Gasteiger partial charge in [0.25, 0.3) is 5.56 Å². The number of pyridine rings is 1. The SMILES string of the molecule is CC[C@H]1CN(C(C)c2ccc(F)cc2OC(F)(F)F)[C@H](CC)CN1c1cc(=O)n(C)c2cn(CC#N)nc12. The Morgan fingerprint density at radius 1 is 1.18 bits per heavy atom. The quantitative estimate of drug-likeness (QED) is 0.408. The lowest BCUT2D eigenvalue weighted by molar-refractivity contribution is -0.275. The summed E-state index contributed by atoms with van der Waals surface area (Å²) in [6, 6.07) is 6.19. The van der Waals surface area contributed by atoms with Gasteiger partial charge in [-0.25, -0.2) is 4.39 Å². The lowest BCUT2D eigenvalue weighted by atomic mass is 9.96. The molecule has 0 aliphatic carbocycles. The molecule has 3 atom stereocenters. The van der Waals surface area contributed by atoms with Crippen LogP contribution in [0.15, 0.2) is 35.3 Å². The predicted octanol–water partition coefficient (Wildman–Crippen LogP) is 4.74. The first-order valence-corrected chi connectivity index (χ1v) is 12.5. The summed E-state index contributed by atoms with van der Waals surface area (Å²) in [5.74, 6) is -1.36. The van der Waals surface area contributed by atoms with Gasteiger partial charge in [-0.3, -0.25) is 14.4 Å². The summed E-state index contributed by atoms with van der Waals surface area (Å²) in [7, 11) is 1.65. The summed E-state index contributed by atoms with van der Waals surface area (Å²) < 4.78 is 60.3. The number of hydrogen-bond acceptors (Lipinski definition) is 6. The molecule has 1 aliphatic heterocycles. The number of hydrogen-bond donors (Lipinski definition) is 0. The first-order valence-electron chi connectivity index (χ1n) is 12.5. The van der Waals surface area contributed by atoms with Gasteiger partial charge in [-0.2, -0.15) is 10.4 Å². The molecule has 0 amide bonds. The van der Waals surface area contributed by atoms with Crippen LogP contribution in [0, 0.1) is 17.1 Å². The van der Waals surface area contributed by atoms with E-state index in [-0.39, 0.29) is 29.8 Å². The number of anilines is 1. The third-order valence-corrected chi connectivity index (χ3v) is 7.31. The minimum atomic E-state index is -4.95. The van der Waals surface area contributed by atoms with E-state index in [1.807, 2.05) is 13.8 Å². The Bertz CT molecular complexity index is 1410. The van der Waals surface area contributed by atoms with Gasteiger partial charge in [0.15, 0.2) is 0 Å². The van der Waals surface area contributed by atoms with Gasteiger partial charge in [-0.1, -0.05) is 19.9 Å². The fraction of sp³-hybridized carbons (Fsp3) is 0.500. The number of fused-ring (bicyclic) bond motifs is 1. The zero-order chi connectivity index (χ0) is 27.8. The van der Waals surface area contributed by atoms with Gasteiger partial charge in [0.05, 0.1) is 23.5 Å². The second-order valence-corrected chi connectivity index (χ2v) is 9.52. The van der Waals surface area contributed by atoms with Gasteiger partial charge >= 0.3 is 6.36 Å². The van der Waals surface area contributed by atoms with Crippen LogP contribution < -0.4 is 15.2 Å². The number of rotatable bonds is 7. The molecule has 0 radical (unpaired) electrons. The van der Waals surface area contributed by atoms with Crippen LogP contribution in [0.5, 0.6) is 5.75 Å². The second kappa shape index (κ2) is 10.6. The number of halogens is 4. The first-order chi connectivity index (χ1) is 18.0. The van der Waals surface area contributed by atoms with Crippen molar-refractivity contribution >= 4 is 16.7 Å². The Morgan fingerprint density at radius 3 is 2.53 bits per heavy atom. The third-order valence-electron chi connectivity index (χ3n) is 7.31. The molecule has 204 valence electrons. The maximum absolute atomic E-state index is 13.8. The molecule has 0 bridgehead atoms. The summed E-state index contributed by atoms with van der Waals surface area (Å²) in [6.07, 6.45) is -1.89. The Morgan fingerprint density at radius 2 is 1.89 bits per heavy atom. The fourth-order valence-corrected chi connectivity index (χ4v) is 5.31. The highest BCUT2D eigenvalue weighted by atomic mass is 19.4. The van der Waals surface area contributed by atoms with Crippen molar-refractivity contribution in [3.63, 3.8) is 0 Å². The predicted molar refractivity (Wildman–Crippen MR) is 134 cm³/mol. The van der Waals surface area contributed by atoms with Crippen LogP contribution in [0.2, 0.25) is 0 Å². The molecular weight excluding hydrogens is 504 g/mol. The highest BCUT2D eigenvalue weighted by Crippen LogP contribution is 2.38. The molecule has 1 saturated heterocycles. The summed E-state index contributed by atoms with van der Waals surface area (Å²) in [6.45, 7) is 6.84. The van der Waals surface area contributed by atoms with Crippen molar-refractivity contribution in [2.45, 2.75) is 64.6 Å². The molecule has 0 spiro atoms. The smallest absolute Gasteiger partial charge is 0.405 e. The molecule has 3 aromatic rings. The third kappa shape index (κ3) is 5.34. The number of nitrogens with zero attached hydrogens (tertiary/aromatic N) is 6. The van der Waals surface area contributed by atoms with E-state index in [1.165, 1.54) is 15.3 Å². The van der Waals surface area contributed by atoms with Gasteiger partial charge in [-0.05, 0) is 25.8 Å². The van der Waals surface area contributed by atoms with Crippen molar-refractivity contribution in [1.29, 1.82) is 5.26 Å². The van der Waals surface area contributed by atoms with Crippen LogP contribution in [0.1, 0.15) is 45.2 Å². The van der Waals surface area contributed by atoms with Crippen molar-refractivity contribution in [2.75, 3.05) is 18.0 Å². The van der Waals surface area contributed by atoms with Crippen LogP contribution in [-0.4, -0.2) is 50.8 Å². The number of ether oxygens (including phenoxy) is 1. The van der Waals surface area contributed by atoms with E-state index >= 15 is 0 Å². The normalized spacial score (nSPS) is 19.5. The van der Waals surface area contributed by atoms with Gasteiger partial charge in [0.2, 0.25) is 0 Å². The summed E-state index contributed by atoms with van der Waals surface area (Å²) in [5.41, 5.74) is 1.93. The molecule has 0 N–H and O–H groups in total. The molecule has 1 aromatic carbocycles. The number of aryl methyl sites for hydroxylation is 1. The lowest BCUT2D eigenvalue weighted by Crippen LogP contribution is -2.58. The van der Waals surface area contributed by atoms with E-state index in [1.54, 1.807) is 26.2 Å². The molecule has 1 aliphatic rings. The van der Waals surface area contributed by atoms with Crippen LogP contribution in [0.25, 0.3) is 11.0 Å². The Labute approximate surface area is 217 Å². The molecule has 2 aromatic heterocycles. The zero-order valence-electron chi connectivity index (χ0n) is 21.7. The molecule has 1 unspecified atom stereocenters. The minimum Gasteiger partial charge on any atom is -0.405 e. The number of aromatic nitrogens is 3. The standard InChI is InChI=1S/C26H30F4N6O2/c1-5-18-14-36(21-12-24(37)33(4)22-15-34(10-9-31)32-25(21)22)19(6-2)13-35(18)16(3)20-8-7-17(27)11-23(20)38-26(28,29)30/h7-8,11-12,15-16,18-19H,5-6,10,13-14H2,1-4H3/t16?,18-,19+/m1/s1. The topological polar surface area (TPSA) is 79.3 Å². The van der Waals surface area contributed by atoms with Crippen molar-refractivity contribution in [3.8, 4) is 11.8 Å². The Balaban J connectivity index is 1.72. The van der Waals surface area contributed by atoms with E-state index < -0.39 is 24.0 Å². The maximum Gasteiger partial charge on any atom is 0.573 e. The summed E-state index contributed by atoms with van der Waals surface area (Å²) in [5, 5.41) is 13.7. The second-order valence-electron chi connectivity index (χ2n) is 9.52. The van der Waals surface area contributed by atoms with E-state index in [2.05, 4.69) is 25.7 Å². The summed E-state index contributed by atoms with van der Waals surface area (Å²) >= 11 is 0. The lowest BCUT2D eigenvalue weighted by Gasteiger charge is -2.49. The molecule has 3 heterocycles. The molecule has 8 nitrogen and oxygen atoms in total. The van der Waals surface area contributed by atoms with Crippen molar-refractivity contribution in [1.82, 2.24) is 19.2 Å². The Hall–Kier alpha value is -3.59. The summed E-state index contributed by atoms with van der Waals surface area (Å²) in [4.78, 5) is 17.1. The van der Waals surface area contributed by atoms with Crippen molar-refractivity contribution < 1.29 is 22.3 Å². The monoisotopic (exact) mass is 534 g/mol. The number of piperazine rings is 1. The van der Waals surface area contributed by atoms with E-state index in [0.717, 1.165) is 12.1 Å².